The first-order valence-corrected chi connectivity index (χ1v) is 6.79. The van der Waals surface area contributed by atoms with E-state index in [-0.39, 0.29) is 18.6 Å². The maximum absolute atomic E-state index is 9.25. The lowest BCUT2D eigenvalue weighted by Gasteiger charge is -2.24. The van der Waals surface area contributed by atoms with Gasteiger partial charge in [0.25, 0.3) is 0 Å². The van der Waals surface area contributed by atoms with E-state index in [1.807, 2.05) is 19.1 Å². The van der Waals surface area contributed by atoms with Crippen LogP contribution in [0, 0.1) is 0 Å². The molecule has 0 saturated carbocycles. The number of rotatable bonds is 8. The van der Waals surface area contributed by atoms with Crippen molar-refractivity contribution < 1.29 is 19.3 Å². The summed E-state index contributed by atoms with van der Waals surface area (Å²) in [5.74, 6) is 1.83. The van der Waals surface area contributed by atoms with Crippen LogP contribution in [0.1, 0.15) is 31.2 Å². The fourth-order valence-electron chi connectivity index (χ4n) is 2.37. The first-order valence-electron chi connectivity index (χ1n) is 6.79. The fourth-order valence-corrected chi connectivity index (χ4v) is 2.37. The molecule has 0 saturated heterocycles. The maximum Gasteiger partial charge on any atom is 0.203 e. The summed E-state index contributed by atoms with van der Waals surface area (Å²) in [6.45, 7) is 2.13. The summed E-state index contributed by atoms with van der Waals surface area (Å²) in [5.41, 5.74) is 7.15. The van der Waals surface area contributed by atoms with Gasteiger partial charge in [0.05, 0.1) is 21.3 Å². The number of nitrogens with two attached hydrogens (primary N) is 1. The van der Waals surface area contributed by atoms with Crippen LogP contribution in [0.3, 0.4) is 0 Å². The first kappa shape index (κ1) is 16.6. The minimum Gasteiger partial charge on any atom is -0.493 e. The van der Waals surface area contributed by atoms with E-state index in [0.717, 1.165) is 12.0 Å². The van der Waals surface area contributed by atoms with Crippen molar-refractivity contribution in [1.29, 1.82) is 0 Å². The highest BCUT2D eigenvalue weighted by molar-refractivity contribution is 5.54. The Labute approximate surface area is 120 Å². The maximum atomic E-state index is 9.25. The van der Waals surface area contributed by atoms with Gasteiger partial charge in [-0.3, -0.25) is 0 Å². The zero-order valence-electron chi connectivity index (χ0n) is 12.7. The van der Waals surface area contributed by atoms with E-state index in [9.17, 15) is 5.11 Å². The molecule has 2 unspecified atom stereocenters. The smallest absolute Gasteiger partial charge is 0.203 e. The third kappa shape index (κ3) is 3.55. The molecule has 0 aliphatic carbocycles. The van der Waals surface area contributed by atoms with Crippen LogP contribution in [0.2, 0.25) is 0 Å². The second-order valence-corrected chi connectivity index (χ2v) is 4.65. The minimum atomic E-state index is -0.0232. The lowest BCUT2D eigenvalue weighted by Crippen LogP contribution is -2.28. The normalized spacial score (nSPS) is 13.7. The second-order valence-electron chi connectivity index (χ2n) is 4.65. The molecule has 0 aliphatic heterocycles. The summed E-state index contributed by atoms with van der Waals surface area (Å²) in [4.78, 5) is 0. The van der Waals surface area contributed by atoms with Gasteiger partial charge in [-0.05, 0) is 30.5 Å². The Hall–Kier alpha value is -1.46. The Morgan fingerprint density at radius 3 is 2.00 bits per heavy atom. The number of methoxy groups -OCH3 is 3. The van der Waals surface area contributed by atoms with E-state index in [4.69, 9.17) is 19.9 Å². The molecular weight excluding hydrogens is 258 g/mol. The van der Waals surface area contributed by atoms with Crippen molar-refractivity contribution in [3.05, 3.63) is 17.7 Å². The minimum absolute atomic E-state index is 0.0232. The Balaban J connectivity index is 3.28. The monoisotopic (exact) mass is 283 g/mol. The summed E-state index contributed by atoms with van der Waals surface area (Å²) < 4.78 is 16.0. The molecule has 1 rings (SSSR count). The van der Waals surface area contributed by atoms with E-state index < -0.39 is 0 Å². The van der Waals surface area contributed by atoms with Gasteiger partial charge in [0, 0.05) is 18.6 Å². The SMILES string of the molecule is CCC(N)C(CCO)c1cc(OC)c(OC)c(OC)c1. The van der Waals surface area contributed by atoms with Crippen LogP contribution in [0.15, 0.2) is 12.1 Å². The summed E-state index contributed by atoms with van der Waals surface area (Å²) in [5, 5.41) is 9.25. The lowest BCUT2D eigenvalue weighted by molar-refractivity contribution is 0.265. The van der Waals surface area contributed by atoms with E-state index in [0.29, 0.717) is 23.7 Å². The highest BCUT2D eigenvalue weighted by Gasteiger charge is 2.22. The van der Waals surface area contributed by atoms with Gasteiger partial charge >= 0.3 is 0 Å². The highest BCUT2D eigenvalue weighted by Crippen LogP contribution is 2.41. The van der Waals surface area contributed by atoms with Gasteiger partial charge < -0.3 is 25.1 Å². The van der Waals surface area contributed by atoms with E-state index in [2.05, 4.69) is 0 Å². The van der Waals surface area contributed by atoms with Crippen LogP contribution in [0.5, 0.6) is 17.2 Å². The largest absolute Gasteiger partial charge is 0.493 e. The third-order valence-electron chi connectivity index (χ3n) is 3.54. The molecule has 0 heterocycles. The molecular formula is C15H25NO4. The quantitative estimate of drug-likeness (QED) is 0.762. The number of hydrogen-bond donors (Lipinski definition) is 2. The average molecular weight is 283 g/mol. The molecule has 3 N–H and O–H groups in total. The molecule has 0 bridgehead atoms. The average Bonchev–Trinajstić information content (AvgIpc) is 2.50. The summed E-state index contributed by atoms with van der Waals surface area (Å²) in [7, 11) is 4.74. The summed E-state index contributed by atoms with van der Waals surface area (Å²) in [6, 6.07) is 3.78. The number of hydrogen-bond acceptors (Lipinski definition) is 5. The first-order chi connectivity index (χ1) is 9.62. The Morgan fingerprint density at radius 1 is 1.10 bits per heavy atom. The number of benzene rings is 1. The molecule has 5 heteroatoms. The predicted molar refractivity (Wildman–Crippen MR) is 78.8 cm³/mol. The molecule has 0 aromatic heterocycles. The Bertz CT molecular complexity index is 397. The molecule has 5 nitrogen and oxygen atoms in total. The standard InChI is InChI=1S/C15H25NO4/c1-5-12(16)11(6-7-17)10-8-13(18-2)15(20-4)14(9-10)19-3/h8-9,11-12,17H,5-7,16H2,1-4H3. The predicted octanol–water partition coefficient (Wildman–Crippen LogP) is 1.92. The van der Waals surface area contributed by atoms with Crippen molar-refractivity contribution in [3.63, 3.8) is 0 Å². The molecule has 0 aliphatic rings. The van der Waals surface area contributed by atoms with Gasteiger partial charge in [-0.1, -0.05) is 6.92 Å². The van der Waals surface area contributed by atoms with Crippen LogP contribution in [-0.4, -0.2) is 39.1 Å². The van der Waals surface area contributed by atoms with Crippen molar-refractivity contribution in [2.75, 3.05) is 27.9 Å². The highest BCUT2D eigenvalue weighted by atomic mass is 16.5. The van der Waals surface area contributed by atoms with Crippen LogP contribution in [-0.2, 0) is 0 Å². The van der Waals surface area contributed by atoms with Crippen molar-refractivity contribution >= 4 is 0 Å². The zero-order chi connectivity index (χ0) is 15.1. The number of aliphatic hydroxyl groups excluding tert-OH is 1. The molecule has 1 aromatic carbocycles. The number of aliphatic hydroxyl groups is 1. The Kier molecular flexibility index (Phi) is 6.61. The lowest BCUT2D eigenvalue weighted by atomic mass is 9.87. The molecule has 1 aromatic rings. The van der Waals surface area contributed by atoms with Crippen LogP contribution >= 0.6 is 0 Å². The molecule has 114 valence electrons. The van der Waals surface area contributed by atoms with Gasteiger partial charge in [0.15, 0.2) is 11.5 Å². The topological polar surface area (TPSA) is 73.9 Å². The zero-order valence-corrected chi connectivity index (χ0v) is 12.7. The number of ether oxygens (including phenoxy) is 3. The van der Waals surface area contributed by atoms with Gasteiger partial charge in [0.1, 0.15) is 0 Å². The second kappa shape index (κ2) is 7.97. The third-order valence-corrected chi connectivity index (χ3v) is 3.54. The van der Waals surface area contributed by atoms with Gasteiger partial charge in [-0.15, -0.1) is 0 Å². The summed E-state index contributed by atoms with van der Waals surface area (Å²) >= 11 is 0. The van der Waals surface area contributed by atoms with E-state index in [1.54, 1.807) is 21.3 Å². The van der Waals surface area contributed by atoms with E-state index in [1.165, 1.54) is 0 Å². The molecule has 0 radical (unpaired) electrons. The molecule has 0 fully saturated rings. The van der Waals surface area contributed by atoms with Crippen molar-refractivity contribution in [2.45, 2.75) is 31.7 Å². The van der Waals surface area contributed by atoms with E-state index >= 15 is 0 Å². The van der Waals surface area contributed by atoms with Crippen molar-refractivity contribution in [1.82, 2.24) is 0 Å². The Morgan fingerprint density at radius 2 is 1.65 bits per heavy atom. The van der Waals surface area contributed by atoms with Gasteiger partial charge in [-0.25, -0.2) is 0 Å². The van der Waals surface area contributed by atoms with Crippen LogP contribution < -0.4 is 19.9 Å². The molecule has 0 amide bonds. The van der Waals surface area contributed by atoms with Crippen LogP contribution in [0.25, 0.3) is 0 Å². The summed E-state index contributed by atoms with van der Waals surface area (Å²) in [6.07, 6.45) is 1.44. The van der Waals surface area contributed by atoms with Gasteiger partial charge in [-0.2, -0.15) is 0 Å². The molecule has 0 spiro atoms. The fraction of sp³-hybridized carbons (Fsp3) is 0.600. The molecule has 2 atom stereocenters. The van der Waals surface area contributed by atoms with Crippen LogP contribution in [0.4, 0.5) is 0 Å². The van der Waals surface area contributed by atoms with Gasteiger partial charge in [0.2, 0.25) is 5.75 Å². The van der Waals surface area contributed by atoms with Crippen molar-refractivity contribution in [3.8, 4) is 17.2 Å². The molecule has 20 heavy (non-hydrogen) atoms. The van der Waals surface area contributed by atoms with Crippen molar-refractivity contribution in [2.24, 2.45) is 5.73 Å².